The first kappa shape index (κ1) is 30.0. The molecule has 10 nitrogen and oxygen atoms in total. The highest BCUT2D eigenvalue weighted by Crippen LogP contribution is 2.28. The molecule has 2 atom stereocenters. The Morgan fingerprint density at radius 3 is 2.62 bits per heavy atom. The van der Waals surface area contributed by atoms with Gasteiger partial charge in [-0.05, 0) is 44.2 Å². The summed E-state index contributed by atoms with van der Waals surface area (Å²) in [6.45, 7) is 15.4. The summed E-state index contributed by atoms with van der Waals surface area (Å²) in [5.41, 5.74) is -0.590. The SMILES string of the molecule is CC(C)CN(C(=O)c1cnc(C(C)(C)C)nc1NCc1ccco1)C1CNC[C@H](C(=O)N2CCC(C)(O)CC2)C1. The quantitative estimate of drug-likeness (QED) is 0.454. The number of carbonyl (C=O) groups is 2. The van der Waals surface area contributed by atoms with E-state index >= 15 is 0 Å². The van der Waals surface area contributed by atoms with Crippen LogP contribution in [0.1, 0.15) is 82.7 Å². The molecule has 2 saturated heterocycles. The van der Waals surface area contributed by atoms with Crippen LogP contribution < -0.4 is 10.6 Å². The van der Waals surface area contributed by atoms with E-state index in [0.717, 1.165) is 5.76 Å². The molecule has 3 N–H and O–H groups in total. The highest BCUT2D eigenvalue weighted by atomic mass is 16.3. The minimum Gasteiger partial charge on any atom is -0.467 e. The predicted molar refractivity (Wildman–Crippen MR) is 154 cm³/mol. The fraction of sp³-hybridized carbons (Fsp3) is 0.667. The number of furan rings is 1. The third kappa shape index (κ3) is 7.40. The molecule has 0 aliphatic carbocycles. The van der Waals surface area contributed by atoms with Gasteiger partial charge in [-0.15, -0.1) is 0 Å². The molecule has 40 heavy (non-hydrogen) atoms. The number of aliphatic hydroxyl groups is 1. The zero-order valence-electron chi connectivity index (χ0n) is 24.9. The Kier molecular flexibility index (Phi) is 9.19. The number of carbonyl (C=O) groups excluding carboxylic acids is 2. The molecular weight excluding hydrogens is 508 g/mol. The standard InChI is InChI=1S/C30H46N6O4/c1-20(2)19-36(22-14-21(15-31-16-22)26(37)35-11-9-30(6,39)10-12-35)27(38)24-18-33-28(29(3,4)5)34-25(24)32-17-23-8-7-13-40-23/h7-8,13,18,20-22,31,39H,9-12,14-17,19H2,1-6H3,(H,32,33,34)/t21-,22?/m1/s1. The second kappa shape index (κ2) is 12.3. The molecule has 220 valence electrons. The molecule has 0 radical (unpaired) electrons. The van der Waals surface area contributed by atoms with E-state index in [9.17, 15) is 14.7 Å². The van der Waals surface area contributed by atoms with Crippen molar-refractivity contribution in [2.24, 2.45) is 11.8 Å². The van der Waals surface area contributed by atoms with Gasteiger partial charge < -0.3 is 30.0 Å². The van der Waals surface area contributed by atoms with Crippen molar-refractivity contribution in [3.63, 3.8) is 0 Å². The van der Waals surface area contributed by atoms with Crippen molar-refractivity contribution in [1.29, 1.82) is 0 Å². The molecule has 0 spiro atoms. The van der Waals surface area contributed by atoms with Crippen LogP contribution in [0.3, 0.4) is 0 Å². The van der Waals surface area contributed by atoms with E-state index in [0.29, 0.717) is 75.7 Å². The summed E-state index contributed by atoms with van der Waals surface area (Å²) < 4.78 is 5.48. The molecule has 10 heteroatoms. The van der Waals surface area contributed by atoms with E-state index in [4.69, 9.17) is 9.40 Å². The molecule has 2 fully saturated rings. The number of nitrogens with zero attached hydrogens (tertiary/aromatic N) is 4. The van der Waals surface area contributed by atoms with Crippen molar-refractivity contribution in [2.75, 3.05) is 38.0 Å². The lowest BCUT2D eigenvalue weighted by Gasteiger charge is -2.41. The van der Waals surface area contributed by atoms with Crippen LogP contribution in [0.4, 0.5) is 5.82 Å². The van der Waals surface area contributed by atoms with Gasteiger partial charge in [0.05, 0.1) is 24.3 Å². The summed E-state index contributed by atoms with van der Waals surface area (Å²) in [6, 6.07) is 3.55. The Bertz CT molecular complexity index is 1150. The van der Waals surface area contributed by atoms with Gasteiger partial charge in [-0.1, -0.05) is 34.6 Å². The Morgan fingerprint density at radius 1 is 1.27 bits per heavy atom. The first-order valence-corrected chi connectivity index (χ1v) is 14.5. The van der Waals surface area contributed by atoms with Crippen LogP contribution in [0.15, 0.2) is 29.0 Å². The third-order valence-electron chi connectivity index (χ3n) is 7.79. The summed E-state index contributed by atoms with van der Waals surface area (Å²) in [4.78, 5) is 40.8. The fourth-order valence-corrected chi connectivity index (χ4v) is 5.38. The number of likely N-dealkylation sites (tertiary alicyclic amines) is 1. The van der Waals surface area contributed by atoms with Crippen molar-refractivity contribution in [2.45, 2.75) is 84.4 Å². The monoisotopic (exact) mass is 554 g/mol. The number of rotatable bonds is 8. The van der Waals surface area contributed by atoms with E-state index in [1.807, 2.05) is 49.6 Å². The number of aromatic nitrogens is 2. The average molecular weight is 555 g/mol. The predicted octanol–water partition coefficient (Wildman–Crippen LogP) is 3.43. The molecule has 2 amide bonds. The average Bonchev–Trinajstić information content (AvgIpc) is 3.43. The number of hydrogen-bond acceptors (Lipinski definition) is 8. The maximum Gasteiger partial charge on any atom is 0.259 e. The Balaban J connectivity index is 1.56. The van der Waals surface area contributed by atoms with Gasteiger partial charge in [0.15, 0.2) is 0 Å². The Morgan fingerprint density at radius 2 is 2.00 bits per heavy atom. The van der Waals surface area contributed by atoms with Gasteiger partial charge in [0, 0.05) is 50.4 Å². The van der Waals surface area contributed by atoms with Crippen LogP contribution in [0.2, 0.25) is 0 Å². The second-order valence-electron chi connectivity index (χ2n) is 13.1. The normalized spacial score (nSPS) is 21.4. The van der Waals surface area contributed by atoms with Crippen molar-refractivity contribution >= 4 is 17.6 Å². The first-order chi connectivity index (χ1) is 18.8. The minimum absolute atomic E-state index is 0.100. The number of hydrogen-bond donors (Lipinski definition) is 3. The summed E-state index contributed by atoms with van der Waals surface area (Å²) in [7, 11) is 0. The van der Waals surface area contributed by atoms with E-state index in [-0.39, 0.29) is 35.1 Å². The van der Waals surface area contributed by atoms with Crippen LogP contribution in [0.25, 0.3) is 0 Å². The Labute approximate surface area is 237 Å². The number of anilines is 1. The smallest absolute Gasteiger partial charge is 0.259 e. The van der Waals surface area contributed by atoms with Crippen molar-refractivity contribution in [3.05, 3.63) is 41.7 Å². The van der Waals surface area contributed by atoms with Gasteiger partial charge >= 0.3 is 0 Å². The van der Waals surface area contributed by atoms with Gasteiger partial charge in [0.25, 0.3) is 5.91 Å². The molecule has 2 aliphatic rings. The van der Waals surface area contributed by atoms with E-state index < -0.39 is 5.60 Å². The molecule has 2 aromatic heterocycles. The number of nitrogens with one attached hydrogen (secondary N) is 2. The molecule has 1 unspecified atom stereocenters. The topological polar surface area (TPSA) is 124 Å². The molecule has 0 bridgehead atoms. The van der Waals surface area contributed by atoms with Crippen molar-refractivity contribution < 1.29 is 19.1 Å². The van der Waals surface area contributed by atoms with E-state index in [1.54, 1.807) is 12.5 Å². The highest BCUT2D eigenvalue weighted by molar-refractivity contribution is 5.98. The van der Waals surface area contributed by atoms with Gasteiger partial charge in [-0.25, -0.2) is 9.97 Å². The minimum atomic E-state index is -0.710. The summed E-state index contributed by atoms with van der Waals surface area (Å²) in [6.07, 6.45) is 5.00. The highest BCUT2D eigenvalue weighted by Gasteiger charge is 2.38. The largest absolute Gasteiger partial charge is 0.467 e. The first-order valence-electron chi connectivity index (χ1n) is 14.5. The van der Waals surface area contributed by atoms with Crippen LogP contribution >= 0.6 is 0 Å². The van der Waals surface area contributed by atoms with Gasteiger partial charge in [-0.2, -0.15) is 0 Å². The summed E-state index contributed by atoms with van der Waals surface area (Å²) >= 11 is 0. The van der Waals surface area contributed by atoms with Crippen LogP contribution in [0.5, 0.6) is 0 Å². The van der Waals surface area contributed by atoms with Crippen LogP contribution in [-0.4, -0.2) is 81.1 Å². The molecule has 4 heterocycles. The van der Waals surface area contributed by atoms with Gasteiger partial charge in [0.2, 0.25) is 5.91 Å². The zero-order chi connectivity index (χ0) is 29.1. The number of piperidine rings is 2. The van der Waals surface area contributed by atoms with E-state index in [2.05, 4.69) is 29.5 Å². The van der Waals surface area contributed by atoms with Gasteiger partial charge in [-0.3, -0.25) is 9.59 Å². The maximum atomic E-state index is 14.2. The Hall–Kier alpha value is -2.98. The molecule has 2 aromatic rings. The van der Waals surface area contributed by atoms with Crippen molar-refractivity contribution in [1.82, 2.24) is 25.1 Å². The molecule has 2 aliphatic heterocycles. The zero-order valence-corrected chi connectivity index (χ0v) is 24.9. The molecule has 4 rings (SSSR count). The number of amides is 2. The summed E-state index contributed by atoms with van der Waals surface area (Å²) in [5.74, 6) is 1.83. The van der Waals surface area contributed by atoms with E-state index in [1.165, 1.54) is 0 Å². The lowest BCUT2D eigenvalue weighted by molar-refractivity contribution is -0.140. The lowest BCUT2D eigenvalue weighted by atomic mass is 9.89. The van der Waals surface area contributed by atoms with Crippen LogP contribution in [0, 0.1) is 11.8 Å². The lowest BCUT2D eigenvalue weighted by Crippen LogP contribution is -2.56. The third-order valence-corrected chi connectivity index (χ3v) is 7.79. The summed E-state index contributed by atoms with van der Waals surface area (Å²) in [5, 5.41) is 17.0. The van der Waals surface area contributed by atoms with Gasteiger partial charge in [0.1, 0.15) is 23.0 Å². The second-order valence-corrected chi connectivity index (χ2v) is 13.1. The fourth-order valence-electron chi connectivity index (χ4n) is 5.38. The molecular formula is C30H46N6O4. The van der Waals surface area contributed by atoms with Crippen LogP contribution in [-0.2, 0) is 16.8 Å². The molecule has 0 aromatic carbocycles. The van der Waals surface area contributed by atoms with Crippen molar-refractivity contribution in [3.8, 4) is 0 Å². The molecule has 0 saturated carbocycles. The maximum absolute atomic E-state index is 14.2.